The predicted molar refractivity (Wildman–Crippen MR) is 119 cm³/mol. The number of para-hydroxylation sites is 1. The third kappa shape index (κ3) is 5.07. The molecule has 4 aromatic rings. The van der Waals surface area contributed by atoms with Crippen LogP contribution in [0.15, 0.2) is 83.4 Å². The zero-order valence-corrected chi connectivity index (χ0v) is 17.4. The maximum atomic E-state index is 12.6. The highest BCUT2D eigenvalue weighted by Crippen LogP contribution is 2.21. The highest BCUT2D eigenvalue weighted by atomic mass is 16.6. The van der Waals surface area contributed by atoms with Crippen LogP contribution in [0.5, 0.6) is 0 Å². The number of aryl methyl sites for hydroxylation is 1. The van der Waals surface area contributed by atoms with Crippen molar-refractivity contribution in [2.75, 3.05) is 5.32 Å². The molecule has 0 atom stereocenters. The minimum absolute atomic E-state index is 0.177. The van der Waals surface area contributed by atoms with Gasteiger partial charge in [0.15, 0.2) is 6.61 Å². The molecular weight excluding hydrogens is 406 g/mol. The number of anilines is 1. The molecule has 0 unspecified atom stereocenters. The van der Waals surface area contributed by atoms with E-state index in [0.29, 0.717) is 11.5 Å². The van der Waals surface area contributed by atoms with Crippen LogP contribution in [-0.2, 0) is 22.6 Å². The fraction of sp³-hybridized carbons (Fsp3) is 0.120. The number of amides is 1. The summed E-state index contributed by atoms with van der Waals surface area (Å²) in [6.45, 7) is 1.78. The number of carbonyl (C=O) groups excluding carboxylic acids is 2. The smallest absolute Gasteiger partial charge is 0.340 e. The molecule has 1 heterocycles. The van der Waals surface area contributed by atoms with Crippen LogP contribution in [0, 0.1) is 6.92 Å². The minimum atomic E-state index is -0.601. The van der Waals surface area contributed by atoms with Gasteiger partial charge in [-0.1, -0.05) is 71.9 Å². The second-order valence-electron chi connectivity index (χ2n) is 7.16. The first-order valence-corrected chi connectivity index (χ1v) is 10.1. The average Bonchev–Trinajstić information content (AvgIpc) is 3.27. The summed E-state index contributed by atoms with van der Waals surface area (Å²) in [6, 6.07) is 23.7. The Kier molecular flexibility index (Phi) is 6.36. The second kappa shape index (κ2) is 9.70. The molecule has 3 aromatic carbocycles. The Morgan fingerprint density at radius 1 is 0.938 bits per heavy atom. The number of esters is 1. The molecule has 0 saturated carbocycles. The highest BCUT2D eigenvalue weighted by Gasteiger charge is 2.17. The summed E-state index contributed by atoms with van der Waals surface area (Å²) in [5, 5.41) is 6.74. The molecule has 0 fully saturated rings. The van der Waals surface area contributed by atoms with E-state index in [2.05, 4.69) is 15.5 Å². The number of hydrogen-bond acceptors (Lipinski definition) is 6. The van der Waals surface area contributed by atoms with E-state index in [4.69, 9.17) is 9.26 Å². The molecule has 160 valence electrons. The molecule has 32 heavy (non-hydrogen) atoms. The van der Waals surface area contributed by atoms with Crippen molar-refractivity contribution in [2.24, 2.45) is 0 Å². The monoisotopic (exact) mass is 427 g/mol. The first kappa shape index (κ1) is 21.0. The number of hydrogen-bond donors (Lipinski definition) is 1. The molecule has 1 amide bonds. The van der Waals surface area contributed by atoms with Crippen molar-refractivity contribution in [3.8, 4) is 11.4 Å². The van der Waals surface area contributed by atoms with Crippen molar-refractivity contribution in [1.82, 2.24) is 10.1 Å². The van der Waals surface area contributed by atoms with E-state index in [0.717, 1.165) is 16.7 Å². The largest absolute Gasteiger partial charge is 0.452 e. The molecule has 0 aliphatic rings. The van der Waals surface area contributed by atoms with Crippen molar-refractivity contribution in [1.29, 1.82) is 0 Å². The van der Waals surface area contributed by atoms with Crippen LogP contribution in [0.25, 0.3) is 11.4 Å². The Morgan fingerprint density at radius 3 is 2.47 bits per heavy atom. The van der Waals surface area contributed by atoms with Crippen molar-refractivity contribution >= 4 is 17.6 Å². The molecule has 0 bridgehead atoms. The number of nitrogens with zero attached hydrogens (tertiary/aromatic N) is 2. The van der Waals surface area contributed by atoms with E-state index in [1.54, 1.807) is 24.3 Å². The third-order valence-electron chi connectivity index (χ3n) is 4.81. The lowest BCUT2D eigenvalue weighted by Crippen LogP contribution is -2.17. The van der Waals surface area contributed by atoms with E-state index in [1.165, 1.54) is 0 Å². The fourth-order valence-corrected chi connectivity index (χ4v) is 3.20. The molecule has 0 aliphatic carbocycles. The number of nitrogens with one attached hydrogen (secondary N) is 1. The first-order valence-electron chi connectivity index (χ1n) is 10.1. The summed E-state index contributed by atoms with van der Waals surface area (Å²) >= 11 is 0. The molecule has 0 spiro atoms. The van der Waals surface area contributed by atoms with Gasteiger partial charge in [-0.25, -0.2) is 4.79 Å². The predicted octanol–water partition coefficient (Wildman–Crippen LogP) is 4.58. The molecule has 4 rings (SSSR count). The van der Waals surface area contributed by atoms with Crippen LogP contribution in [0.1, 0.15) is 27.4 Å². The Bertz CT molecular complexity index is 1230. The molecule has 0 aliphatic heterocycles. The molecule has 1 N–H and O–H groups in total. The maximum Gasteiger partial charge on any atom is 0.340 e. The molecule has 0 radical (unpaired) electrons. The molecular formula is C25H21N3O4. The van der Waals surface area contributed by atoms with Crippen LogP contribution < -0.4 is 5.32 Å². The number of carbonyl (C=O) groups is 2. The van der Waals surface area contributed by atoms with Crippen molar-refractivity contribution < 1.29 is 18.8 Å². The minimum Gasteiger partial charge on any atom is -0.452 e. The van der Waals surface area contributed by atoms with E-state index in [1.807, 2.05) is 61.5 Å². The summed E-state index contributed by atoms with van der Waals surface area (Å²) in [5.41, 5.74) is 3.36. The van der Waals surface area contributed by atoms with E-state index < -0.39 is 5.97 Å². The third-order valence-corrected chi connectivity index (χ3v) is 4.81. The highest BCUT2D eigenvalue weighted by molar-refractivity contribution is 6.01. The summed E-state index contributed by atoms with van der Waals surface area (Å²) in [4.78, 5) is 29.4. The van der Waals surface area contributed by atoms with Crippen LogP contribution >= 0.6 is 0 Å². The second-order valence-corrected chi connectivity index (χ2v) is 7.16. The molecule has 0 saturated heterocycles. The van der Waals surface area contributed by atoms with Gasteiger partial charge in [0.25, 0.3) is 5.89 Å². The fourth-order valence-electron chi connectivity index (χ4n) is 3.20. The maximum absolute atomic E-state index is 12.6. The van der Waals surface area contributed by atoms with Gasteiger partial charge >= 0.3 is 5.97 Å². The Labute approximate surface area is 185 Å². The Morgan fingerprint density at radius 2 is 1.66 bits per heavy atom. The van der Waals surface area contributed by atoms with Gasteiger partial charge in [0, 0.05) is 5.56 Å². The Hall–Kier alpha value is -4.26. The van der Waals surface area contributed by atoms with Crippen LogP contribution in [-0.4, -0.2) is 22.0 Å². The molecule has 7 nitrogen and oxygen atoms in total. The van der Waals surface area contributed by atoms with Gasteiger partial charge in [-0.2, -0.15) is 4.98 Å². The number of benzene rings is 3. The summed E-state index contributed by atoms with van der Waals surface area (Å²) in [6.07, 6.45) is 0.202. The average molecular weight is 427 g/mol. The summed E-state index contributed by atoms with van der Waals surface area (Å²) in [5.74, 6) is -0.211. The van der Waals surface area contributed by atoms with Crippen molar-refractivity contribution in [3.63, 3.8) is 0 Å². The van der Waals surface area contributed by atoms with Gasteiger partial charge in [0.05, 0.1) is 17.7 Å². The number of ether oxygens (including phenoxy) is 1. The van der Waals surface area contributed by atoms with E-state index in [9.17, 15) is 9.59 Å². The van der Waals surface area contributed by atoms with Gasteiger partial charge < -0.3 is 14.6 Å². The van der Waals surface area contributed by atoms with Crippen LogP contribution in [0.4, 0.5) is 5.69 Å². The SMILES string of the molecule is Cc1ccccc1-c1noc(COC(=O)c2ccccc2NC(=O)Cc2ccccc2)n1. The van der Waals surface area contributed by atoms with Gasteiger partial charge in [-0.05, 0) is 30.2 Å². The standard InChI is InChI=1S/C25H21N3O4/c1-17-9-5-6-12-19(17)24-27-23(32-28-24)16-31-25(30)20-13-7-8-14-21(20)26-22(29)15-18-10-3-2-4-11-18/h2-14H,15-16H2,1H3,(H,26,29). The van der Waals surface area contributed by atoms with E-state index >= 15 is 0 Å². The number of rotatable bonds is 7. The van der Waals surface area contributed by atoms with Gasteiger partial charge in [-0.15, -0.1) is 0 Å². The zero-order valence-electron chi connectivity index (χ0n) is 17.4. The van der Waals surface area contributed by atoms with Crippen LogP contribution in [0.3, 0.4) is 0 Å². The molecule has 7 heteroatoms. The lowest BCUT2D eigenvalue weighted by Gasteiger charge is -2.10. The van der Waals surface area contributed by atoms with Gasteiger partial charge in [0.1, 0.15) is 0 Å². The first-order chi connectivity index (χ1) is 15.6. The van der Waals surface area contributed by atoms with E-state index in [-0.39, 0.29) is 30.4 Å². The molecule has 1 aromatic heterocycles. The summed E-state index contributed by atoms with van der Waals surface area (Å²) in [7, 11) is 0. The van der Waals surface area contributed by atoms with Gasteiger partial charge in [-0.3, -0.25) is 4.79 Å². The van der Waals surface area contributed by atoms with Gasteiger partial charge in [0.2, 0.25) is 11.7 Å². The normalized spacial score (nSPS) is 10.5. The zero-order chi connectivity index (χ0) is 22.3. The lowest BCUT2D eigenvalue weighted by molar-refractivity contribution is -0.115. The Balaban J connectivity index is 1.40. The summed E-state index contributed by atoms with van der Waals surface area (Å²) < 4.78 is 10.6. The van der Waals surface area contributed by atoms with Crippen LogP contribution in [0.2, 0.25) is 0 Å². The van der Waals surface area contributed by atoms with Crippen molar-refractivity contribution in [2.45, 2.75) is 20.0 Å². The quantitative estimate of drug-likeness (QED) is 0.434. The number of aromatic nitrogens is 2. The van der Waals surface area contributed by atoms with Crippen molar-refractivity contribution in [3.05, 3.63) is 101 Å². The lowest BCUT2D eigenvalue weighted by atomic mass is 10.1. The topological polar surface area (TPSA) is 94.3 Å².